The van der Waals surface area contributed by atoms with Crippen LogP contribution in [0.15, 0.2) is 24.3 Å². The summed E-state index contributed by atoms with van der Waals surface area (Å²) < 4.78 is 0. The average molecular weight is 382 g/mol. The molecule has 140 valence electrons. The second kappa shape index (κ2) is 6.00. The number of hydrogen-bond donors (Lipinski definition) is 0. The Kier molecular flexibility index (Phi) is 4.08. The summed E-state index contributed by atoms with van der Waals surface area (Å²) in [6, 6.07) is 7.42. The van der Waals surface area contributed by atoms with Gasteiger partial charge in [0.25, 0.3) is 0 Å². The van der Waals surface area contributed by atoms with Crippen LogP contribution in [0.4, 0.5) is 0 Å². The quantitative estimate of drug-likeness (QED) is 0.635. The maximum atomic E-state index is 13.1. The van der Waals surface area contributed by atoms with Gasteiger partial charge in [-0.3, -0.25) is 14.6 Å². The van der Waals surface area contributed by atoms with Gasteiger partial charge < -0.3 is 0 Å². The highest BCUT2D eigenvalue weighted by molar-refractivity contribution is 6.30. The summed E-state index contributed by atoms with van der Waals surface area (Å²) in [7, 11) is 0. The van der Waals surface area contributed by atoms with E-state index in [-0.39, 0.29) is 22.4 Å². The van der Waals surface area contributed by atoms with E-state index in [2.05, 4.69) is 27.7 Å². The number of fused-ring (bicyclic) bond motifs is 2. The Hall–Kier alpha value is -2.00. The number of pyridine rings is 1. The van der Waals surface area contributed by atoms with E-state index in [1.807, 2.05) is 24.3 Å². The molecular weight excluding hydrogens is 358 g/mol. The van der Waals surface area contributed by atoms with Gasteiger partial charge in [0.2, 0.25) is 0 Å². The lowest BCUT2D eigenvalue weighted by Gasteiger charge is -2.35. The fourth-order valence-corrected chi connectivity index (χ4v) is 4.65. The number of aromatic nitrogens is 1. The van der Waals surface area contributed by atoms with E-state index in [0.29, 0.717) is 29.0 Å². The molecule has 2 aliphatic carbocycles. The summed E-state index contributed by atoms with van der Waals surface area (Å²) in [5.41, 5.74) is 4.37. The molecule has 1 aromatic heterocycles. The Morgan fingerprint density at radius 1 is 0.741 bits per heavy atom. The van der Waals surface area contributed by atoms with Gasteiger partial charge in [0.1, 0.15) is 0 Å². The molecule has 0 fully saturated rings. The van der Waals surface area contributed by atoms with Crippen LogP contribution in [-0.2, 0) is 12.8 Å². The first-order chi connectivity index (χ1) is 12.6. The number of halogens is 1. The highest BCUT2D eigenvalue weighted by Crippen LogP contribution is 2.44. The van der Waals surface area contributed by atoms with Crippen molar-refractivity contribution in [1.82, 2.24) is 4.98 Å². The summed E-state index contributed by atoms with van der Waals surface area (Å²) in [5.74, 6) is 0.165. The minimum atomic E-state index is -0.114. The minimum absolute atomic E-state index is 0.0825. The van der Waals surface area contributed by atoms with Crippen LogP contribution >= 0.6 is 11.6 Å². The van der Waals surface area contributed by atoms with Gasteiger partial charge in [0, 0.05) is 34.6 Å². The topological polar surface area (TPSA) is 47.0 Å². The number of carbonyl (C=O) groups is 2. The summed E-state index contributed by atoms with van der Waals surface area (Å²) in [5, 5.41) is 0.635. The average Bonchev–Trinajstić information content (AvgIpc) is 2.51. The zero-order valence-electron chi connectivity index (χ0n) is 16.3. The second-order valence-electron chi connectivity index (χ2n) is 9.52. The zero-order valence-corrected chi connectivity index (χ0v) is 17.0. The maximum Gasteiger partial charge on any atom is 0.165 e. The Balaban J connectivity index is 2.05. The molecule has 0 spiro atoms. The van der Waals surface area contributed by atoms with Crippen molar-refractivity contribution in [3.63, 3.8) is 0 Å². The molecule has 27 heavy (non-hydrogen) atoms. The monoisotopic (exact) mass is 381 g/mol. The van der Waals surface area contributed by atoms with Crippen molar-refractivity contribution in [2.75, 3.05) is 0 Å². The molecule has 2 aromatic rings. The van der Waals surface area contributed by atoms with Gasteiger partial charge >= 0.3 is 0 Å². The molecule has 3 nitrogen and oxygen atoms in total. The van der Waals surface area contributed by atoms with E-state index in [9.17, 15) is 9.59 Å². The first kappa shape index (κ1) is 18.4. The highest BCUT2D eigenvalue weighted by Gasteiger charge is 2.40. The maximum absolute atomic E-state index is 13.1. The molecule has 1 aromatic carbocycles. The number of benzene rings is 1. The Morgan fingerprint density at radius 3 is 1.63 bits per heavy atom. The molecule has 0 amide bonds. The van der Waals surface area contributed by atoms with Crippen LogP contribution in [-0.4, -0.2) is 16.6 Å². The van der Waals surface area contributed by atoms with Crippen LogP contribution in [0.25, 0.3) is 11.1 Å². The SMILES string of the molecule is CC1(C)CC(=O)c2c(nc3c(c2-c2ccc(Cl)cc2)C(=O)CC(C)(C)C3)C1. The Bertz CT molecular complexity index is 917. The molecule has 2 aliphatic rings. The molecule has 0 bridgehead atoms. The molecule has 0 unspecified atom stereocenters. The smallest absolute Gasteiger partial charge is 0.165 e. The van der Waals surface area contributed by atoms with Crippen LogP contribution < -0.4 is 0 Å². The van der Waals surface area contributed by atoms with Crippen LogP contribution in [0.5, 0.6) is 0 Å². The van der Waals surface area contributed by atoms with Crippen molar-refractivity contribution in [2.45, 2.75) is 53.4 Å². The number of ketones is 2. The molecule has 0 saturated heterocycles. The van der Waals surface area contributed by atoms with Crippen molar-refractivity contribution in [3.05, 3.63) is 51.8 Å². The molecule has 0 atom stereocenters. The molecule has 1 heterocycles. The van der Waals surface area contributed by atoms with Gasteiger partial charge in [-0.1, -0.05) is 51.4 Å². The third-order valence-electron chi connectivity index (χ3n) is 5.61. The zero-order chi connectivity index (χ0) is 19.6. The molecule has 0 N–H and O–H groups in total. The summed E-state index contributed by atoms with van der Waals surface area (Å²) in [6.45, 7) is 8.41. The van der Waals surface area contributed by atoms with Crippen molar-refractivity contribution < 1.29 is 9.59 Å². The van der Waals surface area contributed by atoms with Crippen molar-refractivity contribution >= 4 is 23.2 Å². The molecule has 4 heteroatoms. The number of hydrogen-bond acceptors (Lipinski definition) is 3. The number of carbonyl (C=O) groups excluding carboxylic acids is 2. The van der Waals surface area contributed by atoms with E-state index in [4.69, 9.17) is 16.6 Å². The summed E-state index contributed by atoms with van der Waals surface area (Å²) in [6.07, 6.45) is 2.44. The Labute approximate surface area is 165 Å². The molecule has 0 radical (unpaired) electrons. The fourth-order valence-electron chi connectivity index (χ4n) is 4.53. The third kappa shape index (κ3) is 3.23. The van der Waals surface area contributed by atoms with E-state index >= 15 is 0 Å². The van der Waals surface area contributed by atoms with Crippen molar-refractivity contribution in [1.29, 1.82) is 0 Å². The van der Waals surface area contributed by atoms with E-state index < -0.39 is 0 Å². The van der Waals surface area contributed by atoms with Crippen molar-refractivity contribution in [2.24, 2.45) is 10.8 Å². The molecule has 0 aliphatic heterocycles. The lowest BCUT2D eigenvalue weighted by molar-refractivity contribution is 0.0907. The standard InChI is InChI=1S/C23H24ClNO2/c1-22(2)9-15-20(17(26)11-22)19(13-5-7-14(24)8-6-13)21-16(25-15)10-23(3,4)12-18(21)27/h5-8H,9-12H2,1-4H3. The van der Waals surface area contributed by atoms with Gasteiger partial charge in [-0.2, -0.15) is 0 Å². The summed E-state index contributed by atoms with van der Waals surface area (Å²) in [4.78, 5) is 31.1. The predicted octanol–water partition coefficient (Wildman–Crippen LogP) is 5.71. The second-order valence-corrected chi connectivity index (χ2v) is 9.96. The van der Waals surface area contributed by atoms with Crippen LogP contribution in [0.2, 0.25) is 5.02 Å². The van der Waals surface area contributed by atoms with Crippen LogP contribution in [0.3, 0.4) is 0 Å². The number of rotatable bonds is 1. The van der Waals surface area contributed by atoms with Crippen LogP contribution in [0.1, 0.15) is 72.6 Å². The van der Waals surface area contributed by atoms with E-state index in [1.54, 1.807) is 0 Å². The molecular formula is C23H24ClNO2. The first-order valence-electron chi connectivity index (χ1n) is 9.44. The van der Waals surface area contributed by atoms with E-state index in [0.717, 1.165) is 35.4 Å². The number of Topliss-reactive ketones (excluding diaryl/α,β-unsaturated/α-hetero) is 2. The summed E-state index contributed by atoms with van der Waals surface area (Å²) >= 11 is 6.07. The molecule has 4 rings (SSSR count). The lowest BCUT2D eigenvalue weighted by Crippen LogP contribution is -2.33. The minimum Gasteiger partial charge on any atom is -0.294 e. The first-order valence-corrected chi connectivity index (χ1v) is 9.82. The third-order valence-corrected chi connectivity index (χ3v) is 5.86. The van der Waals surface area contributed by atoms with E-state index in [1.165, 1.54) is 0 Å². The number of nitrogens with zero attached hydrogens (tertiary/aromatic N) is 1. The lowest BCUT2D eigenvalue weighted by atomic mass is 9.69. The predicted molar refractivity (Wildman–Crippen MR) is 108 cm³/mol. The van der Waals surface area contributed by atoms with Crippen LogP contribution in [0, 0.1) is 10.8 Å². The van der Waals surface area contributed by atoms with Crippen molar-refractivity contribution in [3.8, 4) is 11.1 Å². The molecule has 0 saturated carbocycles. The highest BCUT2D eigenvalue weighted by atomic mass is 35.5. The van der Waals surface area contributed by atoms with Gasteiger partial charge in [-0.05, 0) is 41.4 Å². The Morgan fingerprint density at radius 2 is 1.19 bits per heavy atom. The normalized spacial score (nSPS) is 20.2. The van der Waals surface area contributed by atoms with Gasteiger partial charge in [-0.25, -0.2) is 0 Å². The van der Waals surface area contributed by atoms with Gasteiger partial charge in [0.15, 0.2) is 11.6 Å². The fraction of sp³-hybridized carbons (Fsp3) is 0.435. The van der Waals surface area contributed by atoms with Gasteiger partial charge in [-0.15, -0.1) is 0 Å². The largest absolute Gasteiger partial charge is 0.294 e. The van der Waals surface area contributed by atoms with Gasteiger partial charge in [0.05, 0.1) is 11.4 Å².